The van der Waals surface area contributed by atoms with E-state index < -0.39 is 0 Å². The third kappa shape index (κ3) is 2.50. The highest BCUT2D eigenvalue weighted by Crippen LogP contribution is 2.38. The highest BCUT2D eigenvalue weighted by molar-refractivity contribution is 5.58. The SMILES string of the molecule is N#Cc1cc(F)ccc1NC1CC(c2ccccc2)C1. The molecule has 0 aromatic heterocycles. The molecule has 1 N–H and O–H groups in total. The number of benzene rings is 2. The second-order valence-electron chi connectivity index (χ2n) is 5.22. The average molecular weight is 266 g/mol. The molecule has 0 bridgehead atoms. The van der Waals surface area contributed by atoms with Gasteiger partial charge in [-0.1, -0.05) is 30.3 Å². The van der Waals surface area contributed by atoms with Gasteiger partial charge in [0.1, 0.15) is 11.9 Å². The van der Waals surface area contributed by atoms with Crippen LogP contribution in [0.25, 0.3) is 0 Å². The monoisotopic (exact) mass is 266 g/mol. The second kappa shape index (κ2) is 5.34. The molecule has 1 aliphatic rings. The highest BCUT2D eigenvalue weighted by Gasteiger charge is 2.30. The van der Waals surface area contributed by atoms with E-state index in [0.29, 0.717) is 17.5 Å². The van der Waals surface area contributed by atoms with Crippen molar-refractivity contribution in [3.05, 3.63) is 65.5 Å². The first-order chi connectivity index (χ1) is 9.76. The summed E-state index contributed by atoms with van der Waals surface area (Å²) in [5, 5.41) is 12.4. The lowest BCUT2D eigenvalue weighted by Gasteiger charge is -2.37. The van der Waals surface area contributed by atoms with Gasteiger partial charge in [0.15, 0.2) is 0 Å². The molecule has 2 aromatic rings. The van der Waals surface area contributed by atoms with E-state index in [-0.39, 0.29) is 5.82 Å². The zero-order valence-corrected chi connectivity index (χ0v) is 11.0. The van der Waals surface area contributed by atoms with Gasteiger partial charge in [-0.15, -0.1) is 0 Å². The minimum absolute atomic E-state index is 0.359. The van der Waals surface area contributed by atoms with Gasteiger partial charge in [0.25, 0.3) is 0 Å². The summed E-state index contributed by atoms with van der Waals surface area (Å²) < 4.78 is 13.1. The van der Waals surface area contributed by atoms with Crippen LogP contribution in [0.1, 0.15) is 29.9 Å². The maximum absolute atomic E-state index is 13.1. The Labute approximate surface area is 117 Å². The molecule has 0 spiro atoms. The van der Waals surface area contributed by atoms with Crippen LogP contribution in [0.15, 0.2) is 48.5 Å². The molecule has 1 saturated carbocycles. The molecule has 0 unspecified atom stereocenters. The van der Waals surface area contributed by atoms with Crippen LogP contribution in [-0.2, 0) is 0 Å². The van der Waals surface area contributed by atoms with Gasteiger partial charge in [-0.05, 0) is 42.5 Å². The lowest BCUT2D eigenvalue weighted by atomic mass is 9.76. The van der Waals surface area contributed by atoms with Crippen LogP contribution >= 0.6 is 0 Å². The van der Waals surface area contributed by atoms with Crippen LogP contribution in [-0.4, -0.2) is 6.04 Å². The molecule has 0 aliphatic heterocycles. The molecular weight excluding hydrogens is 251 g/mol. The van der Waals surface area contributed by atoms with E-state index in [9.17, 15) is 4.39 Å². The third-order valence-electron chi connectivity index (χ3n) is 3.87. The summed E-state index contributed by atoms with van der Waals surface area (Å²) >= 11 is 0. The minimum atomic E-state index is -0.372. The molecule has 100 valence electrons. The van der Waals surface area contributed by atoms with E-state index in [1.165, 1.54) is 17.7 Å². The molecule has 0 atom stereocenters. The third-order valence-corrected chi connectivity index (χ3v) is 3.87. The first-order valence-electron chi connectivity index (χ1n) is 6.77. The second-order valence-corrected chi connectivity index (χ2v) is 5.22. The summed E-state index contributed by atoms with van der Waals surface area (Å²) in [5.41, 5.74) is 2.46. The fourth-order valence-corrected chi connectivity index (χ4v) is 2.69. The Morgan fingerprint density at radius 2 is 1.85 bits per heavy atom. The van der Waals surface area contributed by atoms with E-state index >= 15 is 0 Å². The minimum Gasteiger partial charge on any atom is -0.381 e. The molecular formula is C17H15FN2. The van der Waals surface area contributed by atoms with Gasteiger partial charge in [-0.25, -0.2) is 4.39 Å². The number of rotatable bonds is 3. The molecule has 2 nitrogen and oxygen atoms in total. The van der Waals surface area contributed by atoms with E-state index in [2.05, 4.69) is 29.6 Å². The van der Waals surface area contributed by atoms with Gasteiger partial charge in [0.05, 0.1) is 11.3 Å². The van der Waals surface area contributed by atoms with Crippen molar-refractivity contribution < 1.29 is 4.39 Å². The molecule has 0 amide bonds. The van der Waals surface area contributed by atoms with Crippen LogP contribution in [0.3, 0.4) is 0 Å². The highest BCUT2D eigenvalue weighted by atomic mass is 19.1. The van der Waals surface area contributed by atoms with Crippen molar-refractivity contribution in [3.63, 3.8) is 0 Å². The van der Waals surface area contributed by atoms with E-state index in [4.69, 9.17) is 5.26 Å². The maximum Gasteiger partial charge on any atom is 0.124 e. The number of anilines is 1. The molecule has 20 heavy (non-hydrogen) atoms. The fraction of sp³-hybridized carbons (Fsp3) is 0.235. The smallest absolute Gasteiger partial charge is 0.124 e. The molecule has 0 saturated heterocycles. The maximum atomic E-state index is 13.1. The Kier molecular flexibility index (Phi) is 3.39. The van der Waals surface area contributed by atoms with Gasteiger partial charge in [0, 0.05) is 6.04 Å². The van der Waals surface area contributed by atoms with Gasteiger partial charge >= 0.3 is 0 Å². The summed E-state index contributed by atoms with van der Waals surface area (Å²) in [5.74, 6) is 0.211. The van der Waals surface area contributed by atoms with Crippen molar-refractivity contribution in [1.29, 1.82) is 5.26 Å². The molecule has 1 fully saturated rings. The summed E-state index contributed by atoms with van der Waals surface area (Å²) in [6, 6.07) is 17.1. The van der Waals surface area contributed by atoms with Crippen molar-refractivity contribution in [1.82, 2.24) is 0 Å². The van der Waals surface area contributed by atoms with E-state index in [1.54, 1.807) is 6.07 Å². The predicted octanol–water partition coefficient (Wildman–Crippen LogP) is 4.06. The largest absolute Gasteiger partial charge is 0.381 e. The van der Waals surface area contributed by atoms with Crippen LogP contribution in [0.2, 0.25) is 0 Å². The van der Waals surface area contributed by atoms with Gasteiger partial charge in [-0.3, -0.25) is 0 Å². The molecule has 2 aromatic carbocycles. The van der Waals surface area contributed by atoms with Crippen LogP contribution < -0.4 is 5.32 Å². The van der Waals surface area contributed by atoms with E-state index in [1.807, 2.05) is 12.1 Å². The van der Waals surface area contributed by atoms with Crippen LogP contribution in [0.5, 0.6) is 0 Å². The number of hydrogen-bond donors (Lipinski definition) is 1. The Morgan fingerprint density at radius 3 is 2.55 bits per heavy atom. The Balaban J connectivity index is 1.63. The topological polar surface area (TPSA) is 35.8 Å². The lowest BCUT2D eigenvalue weighted by Crippen LogP contribution is -2.34. The fourth-order valence-electron chi connectivity index (χ4n) is 2.69. The predicted molar refractivity (Wildman–Crippen MR) is 76.9 cm³/mol. The number of nitrogens with zero attached hydrogens (tertiary/aromatic N) is 1. The van der Waals surface area contributed by atoms with Crippen LogP contribution in [0, 0.1) is 17.1 Å². The van der Waals surface area contributed by atoms with Crippen molar-refractivity contribution >= 4 is 5.69 Å². The summed E-state index contributed by atoms with van der Waals surface area (Å²) in [6.07, 6.45) is 2.10. The number of nitrogens with one attached hydrogen (secondary N) is 1. The number of hydrogen-bond acceptors (Lipinski definition) is 2. The van der Waals surface area contributed by atoms with E-state index in [0.717, 1.165) is 18.5 Å². The first kappa shape index (κ1) is 12.7. The molecule has 3 heteroatoms. The molecule has 0 heterocycles. The molecule has 3 rings (SSSR count). The average Bonchev–Trinajstić information content (AvgIpc) is 2.44. The quantitative estimate of drug-likeness (QED) is 0.909. The standard InChI is InChI=1S/C17H15FN2/c18-15-6-7-17(14(8-15)11-19)20-16-9-13(10-16)12-4-2-1-3-5-12/h1-8,13,16,20H,9-10H2. The van der Waals surface area contributed by atoms with Crippen molar-refractivity contribution in [2.75, 3.05) is 5.32 Å². The van der Waals surface area contributed by atoms with Crippen molar-refractivity contribution in [2.24, 2.45) is 0 Å². The lowest BCUT2D eigenvalue weighted by molar-refractivity contribution is 0.374. The Bertz CT molecular complexity index is 640. The van der Waals surface area contributed by atoms with Crippen molar-refractivity contribution in [2.45, 2.75) is 24.8 Å². The zero-order valence-electron chi connectivity index (χ0n) is 11.0. The Morgan fingerprint density at radius 1 is 1.10 bits per heavy atom. The summed E-state index contributed by atoms with van der Waals surface area (Å²) in [4.78, 5) is 0. The summed E-state index contributed by atoms with van der Waals surface area (Å²) in [6.45, 7) is 0. The summed E-state index contributed by atoms with van der Waals surface area (Å²) in [7, 11) is 0. The normalized spacial score (nSPS) is 20.8. The number of nitriles is 1. The van der Waals surface area contributed by atoms with Crippen LogP contribution in [0.4, 0.5) is 10.1 Å². The van der Waals surface area contributed by atoms with Gasteiger partial charge in [0.2, 0.25) is 0 Å². The number of halogens is 1. The molecule has 1 aliphatic carbocycles. The van der Waals surface area contributed by atoms with Gasteiger partial charge < -0.3 is 5.32 Å². The van der Waals surface area contributed by atoms with Gasteiger partial charge in [-0.2, -0.15) is 5.26 Å². The van der Waals surface area contributed by atoms with Crippen molar-refractivity contribution in [3.8, 4) is 6.07 Å². The Hall–Kier alpha value is -2.34. The first-order valence-corrected chi connectivity index (χ1v) is 6.77. The molecule has 0 radical (unpaired) electrons. The zero-order chi connectivity index (χ0) is 13.9.